The zero-order valence-corrected chi connectivity index (χ0v) is 13.4. The molecule has 0 radical (unpaired) electrons. The van der Waals surface area contributed by atoms with Gasteiger partial charge in [-0.1, -0.05) is 37.3 Å². The highest BCUT2D eigenvalue weighted by molar-refractivity contribution is 5.83. The summed E-state index contributed by atoms with van der Waals surface area (Å²) < 4.78 is 1.79. The first-order chi connectivity index (χ1) is 9.87. The Kier molecular flexibility index (Phi) is 4.16. The number of amides is 1. The van der Waals surface area contributed by atoms with Gasteiger partial charge < -0.3 is 4.90 Å². The van der Waals surface area contributed by atoms with Gasteiger partial charge in [-0.05, 0) is 25.8 Å². The third-order valence-corrected chi connectivity index (χ3v) is 3.72. The lowest BCUT2D eigenvalue weighted by Gasteiger charge is -2.27. The maximum atomic E-state index is 12.4. The molecule has 112 valence electrons. The van der Waals surface area contributed by atoms with E-state index in [1.807, 2.05) is 50.4 Å². The van der Waals surface area contributed by atoms with E-state index in [2.05, 4.69) is 6.92 Å². The summed E-state index contributed by atoms with van der Waals surface area (Å²) in [6.07, 6.45) is 2.88. The third kappa shape index (κ3) is 2.84. The van der Waals surface area contributed by atoms with Crippen LogP contribution in [0.1, 0.15) is 26.3 Å². The standard InChI is InChI=1S/C17H23N3O/c1-6-13-12-20(17(2,3)16(21)19(4)5)18-15(13)14-10-8-7-9-11-14/h7-12H,6H2,1-5H3. The Morgan fingerprint density at radius 1 is 1.24 bits per heavy atom. The predicted octanol–water partition coefficient (Wildman–Crippen LogP) is 2.94. The fourth-order valence-electron chi connectivity index (χ4n) is 2.44. The molecule has 0 atom stereocenters. The highest BCUT2D eigenvalue weighted by Crippen LogP contribution is 2.26. The summed E-state index contributed by atoms with van der Waals surface area (Å²) in [5.74, 6) is 0.0345. The van der Waals surface area contributed by atoms with E-state index in [1.165, 1.54) is 0 Å². The summed E-state index contributed by atoms with van der Waals surface area (Å²) in [5, 5.41) is 4.70. The molecule has 0 spiro atoms. The van der Waals surface area contributed by atoms with E-state index in [0.29, 0.717) is 0 Å². The number of carbonyl (C=O) groups is 1. The number of hydrogen-bond acceptors (Lipinski definition) is 2. The monoisotopic (exact) mass is 285 g/mol. The Morgan fingerprint density at radius 3 is 2.38 bits per heavy atom. The molecule has 0 saturated carbocycles. The molecule has 0 fully saturated rings. The van der Waals surface area contributed by atoms with E-state index in [-0.39, 0.29) is 5.91 Å². The molecule has 0 aliphatic heterocycles. The molecule has 4 heteroatoms. The van der Waals surface area contributed by atoms with Gasteiger partial charge in [0.15, 0.2) is 0 Å². The van der Waals surface area contributed by atoms with Crippen LogP contribution < -0.4 is 0 Å². The normalized spacial score (nSPS) is 11.5. The van der Waals surface area contributed by atoms with Crippen molar-refractivity contribution in [3.05, 3.63) is 42.1 Å². The summed E-state index contributed by atoms with van der Waals surface area (Å²) in [4.78, 5) is 14.0. The van der Waals surface area contributed by atoms with E-state index in [4.69, 9.17) is 5.10 Å². The first-order valence-corrected chi connectivity index (χ1v) is 7.24. The quantitative estimate of drug-likeness (QED) is 0.866. The molecule has 0 aliphatic rings. The zero-order chi connectivity index (χ0) is 15.6. The van der Waals surface area contributed by atoms with Crippen molar-refractivity contribution < 1.29 is 4.79 Å². The Labute approximate surface area is 126 Å². The van der Waals surface area contributed by atoms with E-state index in [1.54, 1.807) is 23.7 Å². The van der Waals surface area contributed by atoms with Crippen molar-refractivity contribution in [1.82, 2.24) is 14.7 Å². The second-order valence-electron chi connectivity index (χ2n) is 5.93. The second-order valence-corrected chi connectivity index (χ2v) is 5.93. The number of carbonyl (C=O) groups excluding carboxylic acids is 1. The van der Waals surface area contributed by atoms with Gasteiger partial charge in [0.05, 0.1) is 5.69 Å². The van der Waals surface area contributed by atoms with Crippen molar-refractivity contribution in [2.24, 2.45) is 0 Å². The van der Waals surface area contributed by atoms with Crippen LogP contribution in [0.15, 0.2) is 36.5 Å². The second kappa shape index (κ2) is 5.72. The number of likely N-dealkylation sites (N-methyl/N-ethyl adjacent to an activating group) is 1. The minimum absolute atomic E-state index is 0.0345. The van der Waals surface area contributed by atoms with Crippen molar-refractivity contribution in [1.29, 1.82) is 0 Å². The first-order valence-electron chi connectivity index (χ1n) is 7.24. The van der Waals surface area contributed by atoms with E-state index < -0.39 is 5.54 Å². The van der Waals surface area contributed by atoms with Gasteiger partial charge in [0.1, 0.15) is 5.54 Å². The van der Waals surface area contributed by atoms with Gasteiger partial charge in [0.2, 0.25) is 5.91 Å². The Morgan fingerprint density at radius 2 is 1.86 bits per heavy atom. The summed E-state index contributed by atoms with van der Waals surface area (Å²) >= 11 is 0. The van der Waals surface area contributed by atoms with Crippen LogP contribution in [0.2, 0.25) is 0 Å². The fraction of sp³-hybridized carbons (Fsp3) is 0.412. The zero-order valence-electron chi connectivity index (χ0n) is 13.4. The van der Waals surface area contributed by atoms with Crippen LogP contribution in [0.25, 0.3) is 11.3 Å². The summed E-state index contributed by atoms with van der Waals surface area (Å²) in [6, 6.07) is 10.1. The molecular weight excluding hydrogens is 262 g/mol. The molecule has 1 aromatic carbocycles. The molecule has 0 bridgehead atoms. The van der Waals surface area contributed by atoms with Crippen LogP contribution in [0, 0.1) is 0 Å². The smallest absolute Gasteiger partial charge is 0.249 e. The highest BCUT2D eigenvalue weighted by Gasteiger charge is 2.32. The SMILES string of the molecule is CCc1cn(C(C)(C)C(=O)N(C)C)nc1-c1ccccc1. The van der Waals surface area contributed by atoms with E-state index >= 15 is 0 Å². The summed E-state index contributed by atoms with van der Waals surface area (Å²) in [7, 11) is 3.54. The van der Waals surface area contributed by atoms with Crippen molar-refractivity contribution in [3.8, 4) is 11.3 Å². The van der Waals surface area contributed by atoms with Crippen molar-refractivity contribution in [2.45, 2.75) is 32.7 Å². The van der Waals surface area contributed by atoms with Gasteiger partial charge in [-0.25, -0.2) is 0 Å². The van der Waals surface area contributed by atoms with Crippen LogP contribution in [0.5, 0.6) is 0 Å². The lowest BCUT2D eigenvalue weighted by atomic mass is 10.0. The minimum Gasteiger partial charge on any atom is -0.347 e. The van der Waals surface area contributed by atoms with Crippen LogP contribution >= 0.6 is 0 Å². The molecule has 2 aromatic rings. The minimum atomic E-state index is -0.694. The molecule has 1 aromatic heterocycles. The van der Waals surface area contributed by atoms with Gasteiger partial charge in [-0.3, -0.25) is 9.48 Å². The fourth-order valence-corrected chi connectivity index (χ4v) is 2.44. The molecule has 2 rings (SSSR count). The lowest BCUT2D eigenvalue weighted by Crippen LogP contribution is -2.44. The lowest BCUT2D eigenvalue weighted by molar-refractivity contribution is -0.137. The third-order valence-electron chi connectivity index (χ3n) is 3.72. The van der Waals surface area contributed by atoms with Gasteiger partial charge in [-0.2, -0.15) is 5.10 Å². The van der Waals surface area contributed by atoms with Crippen molar-refractivity contribution in [3.63, 3.8) is 0 Å². The molecule has 0 saturated heterocycles. The number of benzene rings is 1. The average molecular weight is 285 g/mol. The molecule has 0 aliphatic carbocycles. The van der Waals surface area contributed by atoms with Crippen LogP contribution in [-0.4, -0.2) is 34.7 Å². The Hall–Kier alpha value is -2.10. The molecule has 0 unspecified atom stereocenters. The van der Waals surface area contributed by atoms with Crippen molar-refractivity contribution in [2.75, 3.05) is 14.1 Å². The molecule has 1 heterocycles. The topological polar surface area (TPSA) is 38.1 Å². The molecule has 21 heavy (non-hydrogen) atoms. The number of aromatic nitrogens is 2. The molecule has 4 nitrogen and oxygen atoms in total. The number of aryl methyl sites for hydroxylation is 1. The van der Waals surface area contributed by atoms with Crippen LogP contribution in [-0.2, 0) is 16.8 Å². The first kappa shape index (κ1) is 15.3. The van der Waals surface area contributed by atoms with Gasteiger partial charge in [0, 0.05) is 25.9 Å². The maximum Gasteiger partial charge on any atom is 0.249 e. The number of rotatable bonds is 4. The van der Waals surface area contributed by atoms with Gasteiger partial charge in [-0.15, -0.1) is 0 Å². The molecular formula is C17H23N3O. The van der Waals surface area contributed by atoms with E-state index in [0.717, 1.165) is 23.2 Å². The molecule has 0 N–H and O–H groups in total. The summed E-state index contributed by atoms with van der Waals surface area (Å²) in [5.41, 5.74) is 2.50. The number of nitrogens with zero attached hydrogens (tertiary/aromatic N) is 3. The Balaban J connectivity index is 2.49. The maximum absolute atomic E-state index is 12.4. The molecule has 1 amide bonds. The summed E-state index contributed by atoms with van der Waals surface area (Å²) in [6.45, 7) is 5.90. The average Bonchev–Trinajstić information content (AvgIpc) is 2.92. The highest BCUT2D eigenvalue weighted by atomic mass is 16.2. The van der Waals surface area contributed by atoms with Crippen LogP contribution in [0.3, 0.4) is 0 Å². The number of hydrogen-bond donors (Lipinski definition) is 0. The van der Waals surface area contributed by atoms with Gasteiger partial charge in [0.25, 0.3) is 0 Å². The predicted molar refractivity (Wildman–Crippen MR) is 85.1 cm³/mol. The Bertz CT molecular complexity index is 627. The van der Waals surface area contributed by atoms with Crippen molar-refractivity contribution >= 4 is 5.91 Å². The largest absolute Gasteiger partial charge is 0.347 e. The van der Waals surface area contributed by atoms with E-state index in [9.17, 15) is 4.79 Å². The van der Waals surface area contributed by atoms with Crippen LogP contribution in [0.4, 0.5) is 0 Å². The van der Waals surface area contributed by atoms with Gasteiger partial charge >= 0.3 is 0 Å².